The summed E-state index contributed by atoms with van der Waals surface area (Å²) in [6.07, 6.45) is 10.2. The van der Waals surface area contributed by atoms with E-state index in [1.165, 1.54) is 0 Å². The number of fused-ring (bicyclic) bond motifs is 5. The van der Waals surface area contributed by atoms with Crippen molar-refractivity contribution in [1.29, 1.82) is 0 Å². The standard InChI is InChI=1S/C28H44O4/c1-17(2)18(3)7-8-19(4)21-9-10-22-23-15-24(30)28(32)16-20(29)11-12-26(28,6)27(23,31)14-13-25(21,22)5/h7-8,15,17-22,29,31-32H,9-14,16H2,1-6H3/b8-7+/t18-,19+,20-,21+,22-,25+,26+,27-,28+/m0/s1. The van der Waals surface area contributed by atoms with Crippen LogP contribution in [0.3, 0.4) is 0 Å². The van der Waals surface area contributed by atoms with Crippen molar-refractivity contribution in [2.24, 2.45) is 40.4 Å². The van der Waals surface area contributed by atoms with Gasteiger partial charge in [-0.05, 0) is 85.2 Å². The van der Waals surface area contributed by atoms with Crippen molar-refractivity contribution in [1.82, 2.24) is 0 Å². The third kappa shape index (κ3) is 3.15. The minimum Gasteiger partial charge on any atom is -0.393 e. The monoisotopic (exact) mass is 444 g/mol. The summed E-state index contributed by atoms with van der Waals surface area (Å²) in [5, 5.41) is 33.9. The highest BCUT2D eigenvalue weighted by molar-refractivity contribution is 6.00. The molecule has 0 aliphatic heterocycles. The van der Waals surface area contributed by atoms with Crippen LogP contribution >= 0.6 is 0 Å². The van der Waals surface area contributed by atoms with Gasteiger partial charge < -0.3 is 15.3 Å². The normalized spacial score (nSPS) is 48.2. The third-order valence-electron chi connectivity index (χ3n) is 10.7. The molecule has 0 radical (unpaired) electrons. The molecule has 0 aromatic carbocycles. The van der Waals surface area contributed by atoms with Gasteiger partial charge in [0.25, 0.3) is 0 Å². The van der Waals surface area contributed by atoms with Crippen molar-refractivity contribution >= 4 is 5.78 Å². The highest BCUT2D eigenvalue weighted by Gasteiger charge is 2.71. The summed E-state index contributed by atoms with van der Waals surface area (Å²) in [5.74, 6) is 2.01. The van der Waals surface area contributed by atoms with Crippen molar-refractivity contribution in [2.75, 3.05) is 0 Å². The number of aliphatic hydroxyl groups excluding tert-OH is 1. The molecular weight excluding hydrogens is 400 g/mol. The van der Waals surface area contributed by atoms with Crippen LogP contribution in [-0.2, 0) is 4.79 Å². The molecule has 4 rings (SSSR count). The van der Waals surface area contributed by atoms with Crippen LogP contribution < -0.4 is 0 Å². The largest absolute Gasteiger partial charge is 0.393 e. The second-order valence-electron chi connectivity index (χ2n) is 12.5. The average molecular weight is 445 g/mol. The fraction of sp³-hybridized carbons (Fsp3) is 0.821. The molecule has 0 bridgehead atoms. The molecule has 32 heavy (non-hydrogen) atoms. The molecule has 0 aromatic heterocycles. The van der Waals surface area contributed by atoms with E-state index in [0.29, 0.717) is 42.9 Å². The molecule has 4 aliphatic rings. The summed E-state index contributed by atoms with van der Waals surface area (Å²) >= 11 is 0. The number of carbonyl (C=O) groups is 1. The minimum atomic E-state index is -1.68. The molecule has 180 valence electrons. The van der Waals surface area contributed by atoms with Gasteiger partial charge in [-0.3, -0.25) is 4.79 Å². The zero-order chi connectivity index (χ0) is 23.7. The molecule has 4 aliphatic carbocycles. The highest BCUT2D eigenvalue weighted by Crippen LogP contribution is 2.68. The van der Waals surface area contributed by atoms with Gasteiger partial charge in [-0.25, -0.2) is 0 Å². The second kappa shape index (κ2) is 7.78. The van der Waals surface area contributed by atoms with Gasteiger partial charge in [0.05, 0.1) is 11.7 Å². The molecule has 4 heteroatoms. The van der Waals surface area contributed by atoms with E-state index in [-0.39, 0.29) is 23.5 Å². The van der Waals surface area contributed by atoms with Crippen molar-refractivity contribution in [3.63, 3.8) is 0 Å². The van der Waals surface area contributed by atoms with E-state index in [2.05, 4.69) is 46.8 Å². The lowest BCUT2D eigenvalue weighted by Crippen LogP contribution is -2.71. The highest BCUT2D eigenvalue weighted by atomic mass is 16.3. The first-order valence-corrected chi connectivity index (χ1v) is 12.9. The maximum atomic E-state index is 13.3. The van der Waals surface area contributed by atoms with Crippen LogP contribution in [-0.4, -0.2) is 38.4 Å². The summed E-state index contributed by atoms with van der Waals surface area (Å²) in [7, 11) is 0. The number of hydrogen-bond donors (Lipinski definition) is 3. The van der Waals surface area contributed by atoms with E-state index in [1.54, 1.807) is 6.08 Å². The summed E-state index contributed by atoms with van der Waals surface area (Å²) in [4.78, 5) is 13.3. The SMILES string of the molecule is CC(C)[C@@H](C)/C=C/[C@@H](C)[C@H]1CC[C@H]2C3=CC(=O)[C@]4(O)C[C@@H](O)CC[C@]4(C)[C@]3(O)CC[C@]12C. The Morgan fingerprint density at radius 2 is 1.66 bits per heavy atom. The van der Waals surface area contributed by atoms with E-state index < -0.39 is 22.7 Å². The summed E-state index contributed by atoms with van der Waals surface area (Å²) < 4.78 is 0. The fourth-order valence-corrected chi connectivity index (χ4v) is 7.91. The van der Waals surface area contributed by atoms with Crippen LogP contribution in [0.1, 0.15) is 86.5 Å². The minimum absolute atomic E-state index is 0.0227. The second-order valence-corrected chi connectivity index (χ2v) is 12.5. The lowest BCUT2D eigenvalue weighted by atomic mass is 9.43. The van der Waals surface area contributed by atoms with Crippen molar-refractivity contribution < 1.29 is 20.1 Å². The van der Waals surface area contributed by atoms with E-state index in [1.807, 2.05) is 6.92 Å². The Bertz CT molecular complexity index is 829. The first kappa shape index (κ1) is 24.2. The fourth-order valence-electron chi connectivity index (χ4n) is 7.91. The van der Waals surface area contributed by atoms with Crippen LogP contribution in [0.4, 0.5) is 0 Å². The Kier molecular flexibility index (Phi) is 5.88. The van der Waals surface area contributed by atoms with E-state index in [4.69, 9.17) is 0 Å². The van der Waals surface area contributed by atoms with Crippen LogP contribution in [0.25, 0.3) is 0 Å². The van der Waals surface area contributed by atoms with Gasteiger partial charge in [0.1, 0.15) is 5.60 Å². The molecule has 4 nitrogen and oxygen atoms in total. The maximum absolute atomic E-state index is 13.3. The van der Waals surface area contributed by atoms with Crippen molar-refractivity contribution in [2.45, 2.75) is 104 Å². The van der Waals surface area contributed by atoms with Gasteiger partial charge >= 0.3 is 0 Å². The van der Waals surface area contributed by atoms with Gasteiger partial charge in [0.2, 0.25) is 0 Å². The number of rotatable bonds is 4. The molecule has 9 atom stereocenters. The Morgan fingerprint density at radius 3 is 2.31 bits per heavy atom. The Labute approximate surface area is 194 Å². The van der Waals surface area contributed by atoms with Gasteiger partial charge in [0.15, 0.2) is 5.78 Å². The summed E-state index contributed by atoms with van der Waals surface area (Å²) in [6, 6.07) is 0. The maximum Gasteiger partial charge on any atom is 0.188 e. The average Bonchev–Trinajstić information content (AvgIpc) is 3.07. The van der Waals surface area contributed by atoms with Crippen LogP contribution in [0.15, 0.2) is 23.8 Å². The van der Waals surface area contributed by atoms with Crippen molar-refractivity contribution in [3.8, 4) is 0 Å². The number of allylic oxidation sites excluding steroid dienone is 2. The lowest BCUT2D eigenvalue weighted by Gasteiger charge is -2.63. The van der Waals surface area contributed by atoms with Crippen LogP contribution in [0.2, 0.25) is 0 Å². The van der Waals surface area contributed by atoms with E-state index in [0.717, 1.165) is 24.8 Å². The molecule has 0 heterocycles. The Hall–Kier alpha value is -0.970. The predicted octanol–water partition coefficient (Wildman–Crippen LogP) is 4.82. The van der Waals surface area contributed by atoms with Crippen molar-refractivity contribution in [3.05, 3.63) is 23.8 Å². The first-order chi connectivity index (χ1) is 14.8. The predicted molar refractivity (Wildman–Crippen MR) is 127 cm³/mol. The summed E-state index contributed by atoms with van der Waals surface area (Å²) in [5.41, 5.74) is -2.90. The first-order valence-electron chi connectivity index (χ1n) is 12.9. The number of hydrogen-bond acceptors (Lipinski definition) is 4. The molecular formula is C28H44O4. The van der Waals surface area contributed by atoms with Gasteiger partial charge in [-0.15, -0.1) is 0 Å². The smallest absolute Gasteiger partial charge is 0.188 e. The summed E-state index contributed by atoms with van der Waals surface area (Å²) in [6.45, 7) is 13.4. The number of ketones is 1. The number of aliphatic hydroxyl groups is 3. The van der Waals surface area contributed by atoms with Gasteiger partial charge in [0, 0.05) is 11.8 Å². The zero-order valence-electron chi connectivity index (χ0n) is 20.9. The quantitative estimate of drug-likeness (QED) is 0.543. The Balaban J connectivity index is 1.67. The molecule has 3 saturated carbocycles. The van der Waals surface area contributed by atoms with Gasteiger partial charge in [-0.2, -0.15) is 0 Å². The zero-order valence-corrected chi connectivity index (χ0v) is 20.9. The number of carbonyl (C=O) groups excluding carboxylic acids is 1. The molecule has 3 N–H and O–H groups in total. The molecule has 0 saturated heterocycles. The van der Waals surface area contributed by atoms with Gasteiger partial charge in [-0.1, -0.05) is 53.7 Å². The van der Waals surface area contributed by atoms with Crippen LogP contribution in [0.5, 0.6) is 0 Å². The molecule has 0 amide bonds. The Morgan fingerprint density at radius 1 is 0.969 bits per heavy atom. The molecule has 3 fully saturated rings. The lowest BCUT2D eigenvalue weighted by molar-refractivity contribution is -0.223. The third-order valence-corrected chi connectivity index (χ3v) is 10.7. The van der Waals surface area contributed by atoms with E-state index >= 15 is 0 Å². The van der Waals surface area contributed by atoms with E-state index in [9.17, 15) is 20.1 Å². The molecule has 0 aromatic rings. The molecule has 0 spiro atoms. The van der Waals surface area contributed by atoms with Crippen LogP contribution in [0, 0.1) is 40.4 Å². The topological polar surface area (TPSA) is 77.8 Å². The molecule has 0 unspecified atom stereocenters.